The zero-order valence-electron chi connectivity index (χ0n) is 11.5. The number of nitrogens with zero attached hydrogens (tertiary/aromatic N) is 3. The molecule has 0 spiro atoms. The van der Waals surface area contributed by atoms with Crippen molar-refractivity contribution >= 4 is 5.91 Å². The van der Waals surface area contributed by atoms with Gasteiger partial charge in [0.25, 0.3) is 5.91 Å². The summed E-state index contributed by atoms with van der Waals surface area (Å²) in [5.41, 5.74) is 2.15. The molecule has 0 aromatic carbocycles. The number of aryl methyl sites for hydroxylation is 2. The van der Waals surface area contributed by atoms with E-state index in [9.17, 15) is 4.79 Å². The van der Waals surface area contributed by atoms with Crippen LogP contribution in [0.4, 0.5) is 0 Å². The van der Waals surface area contributed by atoms with Gasteiger partial charge in [-0.1, -0.05) is 11.2 Å². The lowest BCUT2D eigenvalue weighted by atomic mass is 10.1. The zero-order chi connectivity index (χ0) is 14.0. The average Bonchev–Trinajstić information content (AvgIpc) is 2.77. The van der Waals surface area contributed by atoms with Crippen LogP contribution in [-0.2, 0) is 0 Å². The van der Waals surface area contributed by atoms with Crippen molar-refractivity contribution in [1.82, 2.24) is 15.0 Å². The van der Waals surface area contributed by atoms with Gasteiger partial charge in [-0.25, -0.2) is 0 Å². The van der Waals surface area contributed by atoms with E-state index in [1.54, 1.807) is 38.2 Å². The van der Waals surface area contributed by atoms with Crippen molar-refractivity contribution in [3.05, 3.63) is 47.1 Å². The van der Waals surface area contributed by atoms with Gasteiger partial charge in [-0.2, -0.15) is 0 Å². The van der Waals surface area contributed by atoms with E-state index in [0.29, 0.717) is 17.0 Å². The molecule has 0 fully saturated rings. The standard InChI is InChI=1S/C14H17N3O2/c1-9-13(11(3)19-16-9)14(18)17(4)10(2)12-6-5-7-15-8-12/h5-8,10H,1-4H3/t10-/m1/s1. The lowest BCUT2D eigenvalue weighted by Crippen LogP contribution is -2.30. The van der Waals surface area contributed by atoms with E-state index >= 15 is 0 Å². The number of aromatic nitrogens is 2. The quantitative estimate of drug-likeness (QED) is 0.849. The maximum atomic E-state index is 12.5. The minimum absolute atomic E-state index is 0.0603. The van der Waals surface area contributed by atoms with Crippen molar-refractivity contribution in [2.45, 2.75) is 26.8 Å². The first-order valence-electron chi connectivity index (χ1n) is 6.12. The molecule has 0 radical (unpaired) electrons. The second kappa shape index (κ2) is 5.22. The van der Waals surface area contributed by atoms with Gasteiger partial charge in [0.2, 0.25) is 0 Å². The normalized spacial score (nSPS) is 12.2. The second-order valence-corrected chi connectivity index (χ2v) is 4.58. The largest absolute Gasteiger partial charge is 0.361 e. The molecule has 2 heterocycles. The first-order valence-corrected chi connectivity index (χ1v) is 6.12. The van der Waals surface area contributed by atoms with E-state index in [0.717, 1.165) is 5.56 Å². The van der Waals surface area contributed by atoms with Crippen LogP contribution in [0.3, 0.4) is 0 Å². The van der Waals surface area contributed by atoms with E-state index in [-0.39, 0.29) is 11.9 Å². The number of carbonyl (C=O) groups is 1. The molecule has 1 amide bonds. The van der Waals surface area contributed by atoms with E-state index in [1.807, 2.05) is 19.1 Å². The van der Waals surface area contributed by atoms with Crippen molar-refractivity contribution in [2.24, 2.45) is 0 Å². The monoisotopic (exact) mass is 259 g/mol. The summed E-state index contributed by atoms with van der Waals surface area (Å²) in [6, 6.07) is 3.75. The Morgan fingerprint density at radius 2 is 2.16 bits per heavy atom. The lowest BCUT2D eigenvalue weighted by molar-refractivity contribution is 0.0740. The highest BCUT2D eigenvalue weighted by Crippen LogP contribution is 2.22. The van der Waals surface area contributed by atoms with Gasteiger partial charge in [0.05, 0.1) is 11.7 Å². The van der Waals surface area contributed by atoms with Gasteiger partial charge < -0.3 is 9.42 Å². The molecule has 0 aliphatic heterocycles. The number of amides is 1. The third-order valence-corrected chi connectivity index (χ3v) is 3.32. The topological polar surface area (TPSA) is 59.2 Å². The fraction of sp³-hybridized carbons (Fsp3) is 0.357. The van der Waals surface area contributed by atoms with Crippen LogP contribution in [0, 0.1) is 13.8 Å². The minimum atomic E-state index is -0.0902. The molecule has 5 nitrogen and oxygen atoms in total. The van der Waals surface area contributed by atoms with Crippen LogP contribution >= 0.6 is 0 Å². The Morgan fingerprint density at radius 3 is 2.68 bits per heavy atom. The summed E-state index contributed by atoms with van der Waals surface area (Å²) in [5.74, 6) is 0.459. The van der Waals surface area contributed by atoms with Gasteiger partial charge in [0.1, 0.15) is 11.3 Å². The van der Waals surface area contributed by atoms with Gasteiger partial charge >= 0.3 is 0 Å². The van der Waals surface area contributed by atoms with Crippen molar-refractivity contribution < 1.29 is 9.32 Å². The Labute approximate surface area is 112 Å². The van der Waals surface area contributed by atoms with Gasteiger partial charge in [-0.3, -0.25) is 9.78 Å². The Hall–Kier alpha value is -2.17. The highest BCUT2D eigenvalue weighted by atomic mass is 16.5. The van der Waals surface area contributed by atoms with Gasteiger partial charge in [-0.05, 0) is 32.4 Å². The summed E-state index contributed by atoms with van der Waals surface area (Å²) in [4.78, 5) is 18.2. The first-order chi connectivity index (χ1) is 9.02. The Bertz CT molecular complexity index is 558. The second-order valence-electron chi connectivity index (χ2n) is 4.58. The summed E-state index contributed by atoms with van der Waals surface area (Å²) in [5, 5.41) is 3.82. The molecular formula is C14H17N3O2. The highest BCUT2D eigenvalue weighted by Gasteiger charge is 2.24. The molecule has 5 heteroatoms. The summed E-state index contributed by atoms with van der Waals surface area (Å²) in [7, 11) is 1.77. The van der Waals surface area contributed by atoms with Gasteiger partial charge in [0, 0.05) is 19.4 Å². The number of rotatable bonds is 3. The van der Waals surface area contributed by atoms with Crippen molar-refractivity contribution in [2.75, 3.05) is 7.05 Å². The maximum absolute atomic E-state index is 12.5. The Kier molecular flexibility index (Phi) is 3.64. The van der Waals surface area contributed by atoms with E-state index in [2.05, 4.69) is 10.1 Å². The molecular weight excluding hydrogens is 242 g/mol. The molecule has 2 aromatic rings. The van der Waals surface area contributed by atoms with Crippen LogP contribution in [0.15, 0.2) is 29.0 Å². The van der Waals surface area contributed by atoms with Crippen molar-refractivity contribution in [3.63, 3.8) is 0 Å². The van der Waals surface area contributed by atoms with Crippen molar-refractivity contribution in [1.29, 1.82) is 0 Å². The first kappa shape index (κ1) is 13.3. The zero-order valence-corrected chi connectivity index (χ0v) is 11.5. The molecule has 19 heavy (non-hydrogen) atoms. The third-order valence-electron chi connectivity index (χ3n) is 3.32. The maximum Gasteiger partial charge on any atom is 0.259 e. The molecule has 0 saturated heterocycles. The van der Waals surface area contributed by atoms with Gasteiger partial charge in [0.15, 0.2) is 0 Å². The van der Waals surface area contributed by atoms with Crippen LogP contribution in [0.1, 0.15) is 40.3 Å². The van der Waals surface area contributed by atoms with E-state index in [4.69, 9.17) is 4.52 Å². The number of hydrogen-bond donors (Lipinski definition) is 0. The van der Waals surface area contributed by atoms with Crippen LogP contribution in [0.25, 0.3) is 0 Å². The predicted octanol–water partition coefficient (Wildman–Crippen LogP) is 2.52. The molecule has 100 valence electrons. The number of pyridine rings is 1. The van der Waals surface area contributed by atoms with Crippen molar-refractivity contribution in [3.8, 4) is 0 Å². The molecule has 2 aromatic heterocycles. The van der Waals surface area contributed by atoms with Crippen LogP contribution in [0.2, 0.25) is 0 Å². The smallest absolute Gasteiger partial charge is 0.259 e. The fourth-order valence-electron chi connectivity index (χ4n) is 1.99. The average molecular weight is 259 g/mol. The number of carbonyl (C=O) groups excluding carboxylic acids is 1. The molecule has 0 aliphatic carbocycles. The summed E-state index contributed by atoms with van der Waals surface area (Å²) < 4.78 is 5.04. The predicted molar refractivity (Wildman–Crippen MR) is 70.7 cm³/mol. The number of hydrogen-bond acceptors (Lipinski definition) is 4. The van der Waals surface area contributed by atoms with Crippen LogP contribution in [-0.4, -0.2) is 28.0 Å². The van der Waals surface area contributed by atoms with Crippen LogP contribution in [0.5, 0.6) is 0 Å². The Morgan fingerprint density at radius 1 is 1.42 bits per heavy atom. The molecule has 0 saturated carbocycles. The SMILES string of the molecule is Cc1noc(C)c1C(=O)N(C)[C@H](C)c1cccnc1. The molecule has 0 N–H and O–H groups in total. The highest BCUT2D eigenvalue weighted by molar-refractivity contribution is 5.96. The van der Waals surface area contributed by atoms with Crippen LogP contribution < -0.4 is 0 Å². The van der Waals surface area contributed by atoms with E-state index < -0.39 is 0 Å². The minimum Gasteiger partial charge on any atom is -0.361 e. The fourth-order valence-corrected chi connectivity index (χ4v) is 1.99. The van der Waals surface area contributed by atoms with E-state index in [1.165, 1.54) is 0 Å². The summed E-state index contributed by atoms with van der Waals surface area (Å²) in [6.07, 6.45) is 3.48. The molecule has 0 unspecified atom stereocenters. The molecule has 0 bridgehead atoms. The molecule has 2 rings (SSSR count). The lowest BCUT2D eigenvalue weighted by Gasteiger charge is -2.25. The van der Waals surface area contributed by atoms with Gasteiger partial charge in [-0.15, -0.1) is 0 Å². The summed E-state index contributed by atoms with van der Waals surface area (Å²) in [6.45, 7) is 5.48. The Balaban J connectivity index is 2.25. The third kappa shape index (κ3) is 2.50. The molecule has 0 aliphatic rings. The summed E-state index contributed by atoms with van der Waals surface area (Å²) >= 11 is 0. The molecule has 1 atom stereocenters.